The quantitative estimate of drug-likeness (QED) is 0.476. The molecule has 0 radical (unpaired) electrons. The highest BCUT2D eigenvalue weighted by molar-refractivity contribution is 5.23. The molecule has 1 rings (SSSR count). The number of allylic oxidation sites excluding steroid dienone is 3. The number of benzene rings is 1. The molecule has 0 bridgehead atoms. The van der Waals surface area contributed by atoms with Gasteiger partial charge in [0.15, 0.2) is 0 Å². The first-order valence-electron chi connectivity index (χ1n) is 8.21. The molecule has 24 heavy (non-hydrogen) atoms. The van der Waals surface area contributed by atoms with Gasteiger partial charge in [0.1, 0.15) is 0 Å². The van der Waals surface area contributed by atoms with Gasteiger partial charge in [-0.3, -0.25) is 0 Å². The fraction of sp³-hybridized carbons (Fsp3) is 0.304. The van der Waals surface area contributed by atoms with Gasteiger partial charge >= 0.3 is 0 Å². The maximum atomic E-state index is 5.89. The maximum absolute atomic E-state index is 5.89. The first kappa shape index (κ1) is 29.8. The molecule has 0 saturated carbocycles. The normalized spacial score (nSPS) is 9.25. The third kappa shape index (κ3) is 22.2. The second-order valence-corrected chi connectivity index (χ2v) is 4.40. The van der Waals surface area contributed by atoms with Crippen LogP contribution in [0.25, 0.3) is 0 Å². The van der Waals surface area contributed by atoms with E-state index in [-0.39, 0.29) is 6.04 Å². The zero-order valence-corrected chi connectivity index (χ0v) is 16.6. The Morgan fingerprint density at radius 3 is 1.75 bits per heavy atom. The molecule has 0 aromatic heterocycles. The standard InChI is InChI=1S/C12H17N.C5H8.C2H6.2C2H4/c1-9(2)12(13)8-11-6-4-10(3)5-7-11;1-3-5-4-2;3*1-2/h4-7,12H,1,8,13H2,2-3H3;3-5H,1H2,2H3;1-2H3;2*1-2H2/b;5-4-;;;. The molecular formula is C23H39N. The number of hydrogen-bond donors (Lipinski definition) is 1. The molecule has 0 saturated heterocycles. The summed E-state index contributed by atoms with van der Waals surface area (Å²) >= 11 is 0. The summed E-state index contributed by atoms with van der Waals surface area (Å²) in [5.74, 6) is 0. The molecule has 136 valence electrons. The predicted octanol–water partition coefficient (Wildman–Crippen LogP) is 6.82. The van der Waals surface area contributed by atoms with E-state index in [0.29, 0.717) is 0 Å². The third-order valence-corrected chi connectivity index (χ3v) is 2.54. The van der Waals surface area contributed by atoms with Crippen LogP contribution in [0.3, 0.4) is 0 Å². The molecule has 1 aromatic carbocycles. The van der Waals surface area contributed by atoms with Gasteiger partial charge in [0.2, 0.25) is 0 Å². The Kier molecular flexibility index (Phi) is 32.1. The zero-order chi connectivity index (χ0) is 20.0. The second-order valence-electron chi connectivity index (χ2n) is 4.40. The minimum Gasteiger partial charge on any atom is -0.324 e. The minimum absolute atomic E-state index is 0.0858. The summed E-state index contributed by atoms with van der Waals surface area (Å²) < 4.78 is 0. The van der Waals surface area contributed by atoms with Gasteiger partial charge in [-0.25, -0.2) is 0 Å². The van der Waals surface area contributed by atoms with Crippen LogP contribution in [-0.4, -0.2) is 6.04 Å². The topological polar surface area (TPSA) is 26.0 Å². The van der Waals surface area contributed by atoms with Gasteiger partial charge in [-0.05, 0) is 32.8 Å². The SMILES string of the molecule is C=C.C=C.C=C(C)C(N)Cc1ccc(C)cc1.C=C/C=C\C.CC. The lowest BCUT2D eigenvalue weighted by atomic mass is 10.0. The van der Waals surface area contributed by atoms with Crippen LogP contribution >= 0.6 is 0 Å². The number of hydrogen-bond acceptors (Lipinski definition) is 1. The molecule has 1 heteroatoms. The van der Waals surface area contributed by atoms with Crippen molar-refractivity contribution < 1.29 is 0 Å². The van der Waals surface area contributed by atoms with Crippen molar-refractivity contribution in [3.63, 3.8) is 0 Å². The van der Waals surface area contributed by atoms with Crippen molar-refractivity contribution in [2.24, 2.45) is 5.73 Å². The summed E-state index contributed by atoms with van der Waals surface area (Å²) in [4.78, 5) is 0. The van der Waals surface area contributed by atoms with Crippen molar-refractivity contribution in [3.05, 3.63) is 98.7 Å². The van der Waals surface area contributed by atoms with Crippen molar-refractivity contribution in [1.29, 1.82) is 0 Å². The summed E-state index contributed by atoms with van der Waals surface area (Å²) in [6.07, 6.45) is 6.46. The Morgan fingerprint density at radius 1 is 1.08 bits per heavy atom. The van der Waals surface area contributed by atoms with Crippen LogP contribution in [0.15, 0.2) is 87.5 Å². The Labute approximate surface area is 152 Å². The van der Waals surface area contributed by atoms with Crippen LogP contribution in [0.5, 0.6) is 0 Å². The van der Waals surface area contributed by atoms with Crippen molar-refractivity contribution >= 4 is 0 Å². The zero-order valence-electron chi connectivity index (χ0n) is 16.6. The first-order chi connectivity index (χ1) is 11.5. The van der Waals surface area contributed by atoms with Crippen LogP contribution < -0.4 is 5.73 Å². The number of aryl methyl sites for hydroxylation is 1. The Bertz CT molecular complexity index is 410. The van der Waals surface area contributed by atoms with Gasteiger partial charge in [0, 0.05) is 6.04 Å². The predicted molar refractivity (Wildman–Crippen MR) is 117 cm³/mol. The van der Waals surface area contributed by atoms with Crippen LogP contribution in [0.4, 0.5) is 0 Å². The molecule has 0 aliphatic rings. The summed E-state index contributed by atoms with van der Waals surface area (Å²) in [5, 5.41) is 0. The fourth-order valence-electron chi connectivity index (χ4n) is 1.29. The molecule has 1 atom stereocenters. The number of rotatable bonds is 4. The first-order valence-corrected chi connectivity index (χ1v) is 8.21. The van der Waals surface area contributed by atoms with E-state index in [4.69, 9.17) is 5.73 Å². The molecule has 2 N–H and O–H groups in total. The van der Waals surface area contributed by atoms with Gasteiger partial charge < -0.3 is 5.73 Å². The van der Waals surface area contributed by atoms with Crippen LogP contribution in [0.2, 0.25) is 0 Å². The van der Waals surface area contributed by atoms with Crippen LogP contribution in [0.1, 0.15) is 38.8 Å². The largest absolute Gasteiger partial charge is 0.324 e. The van der Waals surface area contributed by atoms with Gasteiger partial charge in [0.25, 0.3) is 0 Å². The lowest BCUT2D eigenvalue weighted by molar-refractivity contribution is 0.766. The molecular weight excluding hydrogens is 290 g/mol. The van der Waals surface area contributed by atoms with E-state index >= 15 is 0 Å². The summed E-state index contributed by atoms with van der Waals surface area (Å²) in [5.41, 5.74) is 9.49. The molecule has 1 aromatic rings. The summed E-state index contributed by atoms with van der Waals surface area (Å²) in [7, 11) is 0. The van der Waals surface area contributed by atoms with Crippen molar-refractivity contribution in [2.45, 2.75) is 47.1 Å². The molecule has 0 aliphatic heterocycles. The maximum Gasteiger partial charge on any atom is 0.0289 e. The summed E-state index contributed by atoms with van der Waals surface area (Å²) in [6, 6.07) is 8.56. The van der Waals surface area contributed by atoms with Gasteiger partial charge in [0.05, 0.1) is 0 Å². The molecule has 1 unspecified atom stereocenters. The van der Waals surface area contributed by atoms with E-state index in [1.165, 1.54) is 11.1 Å². The molecule has 0 spiro atoms. The van der Waals surface area contributed by atoms with Gasteiger partial charge in [-0.2, -0.15) is 0 Å². The molecule has 0 aliphatic carbocycles. The minimum atomic E-state index is 0.0858. The highest BCUT2D eigenvalue weighted by atomic mass is 14.6. The number of nitrogens with two attached hydrogens (primary N) is 1. The van der Waals surface area contributed by atoms with Crippen molar-refractivity contribution in [2.75, 3.05) is 0 Å². The fourth-order valence-corrected chi connectivity index (χ4v) is 1.29. The third-order valence-electron chi connectivity index (χ3n) is 2.54. The van der Waals surface area contributed by atoms with E-state index in [9.17, 15) is 0 Å². The molecule has 0 fully saturated rings. The molecule has 0 heterocycles. The van der Waals surface area contributed by atoms with Gasteiger partial charge in [-0.15, -0.1) is 26.3 Å². The average molecular weight is 330 g/mol. The Balaban J connectivity index is -0.000000153. The molecule has 1 nitrogen and oxygen atoms in total. The van der Waals surface area contributed by atoms with Crippen LogP contribution in [0, 0.1) is 6.92 Å². The van der Waals surface area contributed by atoms with E-state index in [1.807, 2.05) is 39.8 Å². The average Bonchev–Trinajstić information content (AvgIpc) is 2.63. The van der Waals surface area contributed by atoms with Crippen LogP contribution in [-0.2, 0) is 6.42 Å². The Morgan fingerprint density at radius 2 is 1.50 bits per heavy atom. The van der Waals surface area contributed by atoms with E-state index in [0.717, 1.165) is 12.0 Å². The molecule has 0 amide bonds. The highest BCUT2D eigenvalue weighted by Crippen LogP contribution is 2.08. The smallest absolute Gasteiger partial charge is 0.0289 e. The summed E-state index contributed by atoms with van der Waals surface area (Å²) in [6.45, 7) is 29.3. The van der Waals surface area contributed by atoms with Crippen molar-refractivity contribution in [3.8, 4) is 0 Å². The Hall–Kier alpha value is -2.12. The second kappa shape index (κ2) is 25.8. The highest BCUT2D eigenvalue weighted by Gasteiger charge is 2.03. The monoisotopic (exact) mass is 329 g/mol. The van der Waals surface area contributed by atoms with Gasteiger partial charge in [-0.1, -0.05) is 80.6 Å². The lowest BCUT2D eigenvalue weighted by Gasteiger charge is -2.10. The van der Waals surface area contributed by atoms with E-state index in [1.54, 1.807) is 6.08 Å². The van der Waals surface area contributed by atoms with Crippen molar-refractivity contribution in [1.82, 2.24) is 0 Å². The van der Waals surface area contributed by atoms with E-state index in [2.05, 4.69) is 70.7 Å². The lowest BCUT2D eigenvalue weighted by Crippen LogP contribution is -2.23. The van der Waals surface area contributed by atoms with E-state index < -0.39 is 0 Å².